The van der Waals surface area contributed by atoms with Crippen LogP contribution in [0.15, 0.2) is 47.4 Å². The van der Waals surface area contributed by atoms with Crippen molar-refractivity contribution in [3.8, 4) is 11.5 Å². The molecule has 0 aromatic heterocycles. The SMILES string of the molecule is COc1ccc(C(=O)CS(=O)c2cccc(C)c2)cc1OC. The van der Waals surface area contributed by atoms with E-state index in [1.165, 1.54) is 14.2 Å². The number of carbonyl (C=O) groups is 1. The highest BCUT2D eigenvalue weighted by Crippen LogP contribution is 2.27. The summed E-state index contributed by atoms with van der Waals surface area (Å²) in [6.45, 7) is 1.93. The van der Waals surface area contributed by atoms with Crippen LogP contribution in [0.2, 0.25) is 0 Å². The Balaban J connectivity index is 2.17. The van der Waals surface area contributed by atoms with E-state index in [4.69, 9.17) is 9.47 Å². The molecule has 0 fully saturated rings. The maximum Gasteiger partial charge on any atom is 0.175 e. The molecule has 0 N–H and O–H groups in total. The van der Waals surface area contributed by atoms with Gasteiger partial charge in [0.25, 0.3) is 0 Å². The molecule has 4 nitrogen and oxygen atoms in total. The highest BCUT2D eigenvalue weighted by molar-refractivity contribution is 7.85. The van der Waals surface area contributed by atoms with Crippen LogP contribution in [-0.4, -0.2) is 30.0 Å². The van der Waals surface area contributed by atoms with Gasteiger partial charge in [-0.15, -0.1) is 0 Å². The minimum Gasteiger partial charge on any atom is -0.493 e. The summed E-state index contributed by atoms with van der Waals surface area (Å²) in [5.41, 5.74) is 1.48. The quantitative estimate of drug-likeness (QED) is 0.768. The van der Waals surface area contributed by atoms with Gasteiger partial charge in [0.1, 0.15) is 0 Å². The lowest BCUT2D eigenvalue weighted by Gasteiger charge is -2.09. The van der Waals surface area contributed by atoms with Crippen LogP contribution in [-0.2, 0) is 10.8 Å². The average molecular weight is 318 g/mol. The number of rotatable bonds is 6. The molecule has 0 bridgehead atoms. The van der Waals surface area contributed by atoms with Crippen molar-refractivity contribution in [2.24, 2.45) is 0 Å². The Morgan fingerprint density at radius 3 is 2.41 bits per heavy atom. The standard InChI is InChI=1S/C17H18O4S/c1-12-5-4-6-14(9-12)22(19)11-15(18)13-7-8-16(20-2)17(10-13)21-3/h4-10H,11H2,1-3H3. The lowest BCUT2D eigenvalue weighted by molar-refractivity contribution is 0.102. The van der Waals surface area contributed by atoms with Crippen LogP contribution in [0.3, 0.4) is 0 Å². The molecule has 2 aromatic carbocycles. The van der Waals surface area contributed by atoms with Gasteiger partial charge in [0, 0.05) is 10.5 Å². The Hall–Kier alpha value is -2.14. The molecule has 1 unspecified atom stereocenters. The summed E-state index contributed by atoms with van der Waals surface area (Å²) in [5.74, 6) is 0.785. The first-order valence-corrected chi connectivity index (χ1v) is 8.07. The third-order valence-electron chi connectivity index (χ3n) is 3.22. The molecular weight excluding hydrogens is 300 g/mol. The first-order chi connectivity index (χ1) is 10.5. The van der Waals surface area contributed by atoms with Crippen molar-refractivity contribution in [1.82, 2.24) is 0 Å². The summed E-state index contributed by atoms with van der Waals surface area (Å²) in [6.07, 6.45) is 0. The fourth-order valence-electron chi connectivity index (χ4n) is 2.05. The van der Waals surface area contributed by atoms with Gasteiger partial charge in [-0.1, -0.05) is 12.1 Å². The third-order valence-corrected chi connectivity index (χ3v) is 4.52. The van der Waals surface area contributed by atoms with Gasteiger partial charge in [-0.2, -0.15) is 0 Å². The zero-order chi connectivity index (χ0) is 16.1. The topological polar surface area (TPSA) is 52.6 Å². The highest BCUT2D eigenvalue weighted by Gasteiger charge is 2.15. The van der Waals surface area contributed by atoms with E-state index >= 15 is 0 Å². The Kier molecular flexibility index (Phi) is 5.33. The third kappa shape index (κ3) is 3.74. The van der Waals surface area contributed by atoms with Gasteiger partial charge in [-0.3, -0.25) is 9.00 Å². The Labute approximate surface area is 132 Å². The van der Waals surface area contributed by atoms with Gasteiger partial charge in [0.05, 0.1) is 30.8 Å². The molecule has 22 heavy (non-hydrogen) atoms. The number of ketones is 1. The summed E-state index contributed by atoms with van der Waals surface area (Å²) in [4.78, 5) is 13.0. The summed E-state index contributed by atoms with van der Waals surface area (Å²) in [7, 11) is 1.68. The van der Waals surface area contributed by atoms with E-state index in [2.05, 4.69) is 0 Å². The number of hydrogen-bond donors (Lipinski definition) is 0. The van der Waals surface area contributed by atoms with Crippen LogP contribution in [0.5, 0.6) is 11.5 Å². The van der Waals surface area contributed by atoms with Crippen LogP contribution in [0.4, 0.5) is 0 Å². The predicted octanol–water partition coefficient (Wildman–Crippen LogP) is 3.00. The fourth-order valence-corrected chi connectivity index (χ4v) is 3.17. The molecule has 0 aliphatic heterocycles. The van der Waals surface area contributed by atoms with Gasteiger partial charge in [-0.25, -0.2) is 0 Å². The lowest BCUT2D eigenvalue weighted by atomic mass is 10.1. The molecule has 0 radical (unpaired) electrons. The van der Waals surface area contributed by atoms with E-state index in [-0.39, 0.29) is 11.5 Å². The second-order valence-corrected chi connectivity index (χ2v) is 6.25. The number of carbonyl (C=O) groups excluding carboxylic acids is 1. The van der Waals surface area contributed by atoms with Gasteiger partial charge >= 0.3 is 0 Å². The summed E-state index contributed by atoms with van der Waals surface area (Å²) in [5, 5.41) is 0. The van der Waals surface area contributed by atoms with Crippen molar-refractivity contribution in [1.29, 1.82) is 0 Å². The first kappa shape index (κ1) is 16.2. The van der Waals surface area contributed by atoms with Crippen LogP contribution in [0, 0.1) is 6.92 Å². The minimum absolute atomic E-state index is 0.0566. The van der Waals surface area contributed by atoms with Gasteiger partial charge in [0.2, 0.25) is 0 Å². The maximum absolute atomic E-state index is 12.3. The van der Waals surface area contributed by atoms with Gasteiger partial charge < -0.3 is 9.47 Å². The fraction of sp³-hybridized carbons (Fsp3) is 0.235. The van der Waals surface area contributed by atoms with Crippen molar-refractivity contribution in [3.63, 3.8) is 0 Å². The molecule has 2 aromatic rings. The molecule has 0 aliphatic rings. The van der Waals surface area contributed by atoms with E-state index < -0.39 is 10.8 Å². The van der Waals surface area contributed by atoms with Crippen LogP contribution >= 0.6 is 0 Å². The second-order valence-electron chi connectivity index (χ2n) is 4.80. The van der Waals surface area contributed by atoms with Crippen LogP contribution in [0.25, 0.3) is 0 Å². The summed E-state index contributed by atoms with van der Waals surface area (Å²) in [6, 6.07) is 12.3. The summed E-state index contributed by atoms with van der Waals surface area (Å²) >= 11 is 0. The Morgan fingerprint density at radius 2 is 1.77 bits per heavy atom. The molecule has 5 heteroatoms. The first-order valence-electron chi connectivity index (χ1n) is 6.75. The molecule has 0 saturated heterocycles. The van der Waals surface area contributed by atoms with E-state index in [0.717, 1.165) is 5.56 Å². The normalized spacial score (nSPS) is 11.8. The van der Waals surface area contributed by atoms with Crippen molar-refractivity contribution < 1.29 is 18.5 Å². The maximum atomic E-state index is 12.3. The van der Waals surface area contributed by atoms with Crippen molar-refractivity contribution in [3.05, 3.63) is 53.6 Å². The summed E-state index contributed by atoms with van der Waals surface area (Å²) < 4.78 is 22.6. The monoisotopic (exact) mass is 318 g/mol. The van der Waals surface area contributed by atoms with Gasteiger partial charge in [0.15, 0.2) is 17.3 Å². The average Bonchev–Trinajstić information content (AvgIpc) is 2.54. The van der Waals surface area contributed by atoms with Crippen molar-refractivity contribution in [2.75, 3.05) is 20.0 Å². The molecule has 0 amide bonds. The van der Waals surface area contributed by atoms with E-state index in [1.807, 2.05) is 25.1 Å². The molecule has 0 saturated carbocycles. The molecule has 0 aliphatic carbocycles. The van der Waals surface area contributed by atoms with Crippen LogP contribution < -0.4 is 9.47 Å². The van der Waals surface area contributed by atoms with E-state index in [9.17, 15) is 9.00 Å². The molecule has 1 atom stereocenters. The lowest BCUT2D eigenvalue weighted by Crippen LogP contribution is -2.11. The number of hydrogen-bond acceptors (Lipinski definition) is 4. The largest absolute Gasteiger partial charge is 0.493 e. The zero-order valence-electron chi connectivity index (χ0n) is 12.8. The number of aryl methyl sites for hydroxylation is 1. The van der Waals surface area contributed by atoms with Crippen molar-refractivity contribution >= 4 is 16.6 Å². The molecular formula is C17H18O4S. The van der Waals surface area contributed by atoms with Crippen LogP contribution in [0.1, 0.15) is 15.9 Å². The molecule has 0 spiro atoms. The zero-order valence-corrected chi connectivity index (χ0v) is 13.6. The van der Waals surface area contributed by atoms with E-state index in [0.29, 0.717) is 22.0 Å². The number of benzene rings is 2. The molecule has 2 rings (SSSR count). The Bertz CT molecular complexity index is 710. The predicted molar refractivity (Wildman–Crippen MR) is 86.3 cm³/mol. The van der Waals surface area contributed by atoms with E-state index in [1.54, 1.807) is 24.3 Å². The molecule has 0 heterocycles. The Morgan fingerprint density at radius 1 is 1.05 bits per heavy atom. The molecule has 116 valence electrons. The number of ether oxygens (including phenoxy) is 2. The second kappa shape index (κ2) is 7.22. The smallest absolute Gasteiger partial charge is 0.175 e. The highest BCUT2D eigenvalue weighted by atomic mass is 32.2. The minimum atomic E-state index is -1.36. The number of Topliss-reactive ketones (excluding diaryl/α,β-unsaturated/α-hetero) is 1. The number of methoxy groups -OCH3 is 2. The van der Waals surface area contributed by atoms with Crippen molar-refractivity contribution in [2.45, 2.75) is 11.8 Å². The van der Waals surface area contributed by atoms with Gasteiger partial charge in [-0.05, 0) is 42.8 Å².